The van der Waals surface area contributed by atoms with Gasteiger partial charge in [-0.25, -0.2) is 4.79 Å². The minimum absolute atomic E-state index is 0.0568. The molecule has 0 spiro atoms. The van der Waals surface area contributed by atoms with Gasteiger partial charge < -0.3 is 14.6 Å². The Bertz CT molecular complexity index is 754. The van der Waals surface area contributed by atoms with Gasteiger partial charge in [-0.2, -0.15) is 0 Å². The molecule has 0 heterocycles. The van der Waals surface area contributed by atoms with Crippen LogP contribution in [0.3, 0.4) is 0 Å². The molecule has 1 unspecified atom stereocenters. The third-order valence-electron chi connectivity index (χ3n) is 8.28. The van der Waals surface area contributed by atoms with Gasteiger partial charge in [0.15, 0.2) is 0 Å². The lowest BCUT2D eigenvalue weighted by Crippen LogP contribution is -2.23. The quantitative estimate of drug-likeness (QED) is 0.0337. The highest BCUT2D eigenvalue weighted by molar-refractivity contribution is 5.82. The molecule has 0 rings (SSSR count). The maximum atomic E-state index is 12.4. The first-order chi connectivity index (χ1) is 22.1. The van der Waals surface area contributed by atoms with Crippen LogP contribution in [-0.2, 0) is 19.1 Å². The lowest BCUT2D eigenvalue weighted by atomic mass is 10.0. The molecule has 0 amide bonds. The fraction of sp³-hybridized carbons (Fsp3) is 0.800. The van der Waals surface area contributed by atoms with Crippen molar-refractivity contribution < 1.29 is 24.2 Å². The number of rotatable bonds is 33. The summed E-state index contributed by atoms with van der Waals surface area (Å²) in [6.07, 6.45) is 39.6. The van der Waals surface area contributed by atoms with Crippen molar-refractivity contribution in [3.8, 4) is 0 Å². The Balaban J connectivity index is 3.90. The van der Waals surface area contributed by atoms with Crippen molar-refractivity contribution in [1.82, 2.24) is 0 Å². The van der Waals surface area contributed by atoms with Crippen LogP contribution in [0.5, 0.6) is 0 Å². The highest BCUT2D eigenvalue weighted by Gasteiger charge is 2.14. The maximum Gasteiger partial charge on any atom is 0.330 e. The van der Waals surface area contributed by atoms with E-state index in [1.54, 1.807) is 6.08 Å². The summed E-state index contributed by atoms with van der Waals surface area (Å²) in [7, 11) is 0. The Labute approximate surface area is 278 Å². The van der Waals surface area contributed by atoms with Gasteiger partial charge in [-0.05, 0) is 57.8 Å². The Morgan fingerprint density at radius 2 is 1.04 bits per heavy atom. The number of ether oxygens (including phenoxy) is 2. The Morgan fingerprint density at radius 1 is 0.556 bits per heavy atom. The van der Waals surface area contributed by atoms with Crippen LogP contribution in [0.15, 0.2) is 36.0 Å². The molecule has 0 radical (unpaired) electrons. The Kier molecular flexibility index (Phi) is 33.5. The smallest absolute Gasteiger partial charge is 0.330 e. The second-order valence-corrected chi connectivity index (χ2v) is 12.8. The summed E-state index contributed by atoms with van der Waals surface area (Å²) in [4.78, 5) is 24.6. The van der Waals surface area contributed by atoms with Crippen molar-refractivity contribution in [2.45, 2.75) is 181 Å². The SMILES string of the molecule is CCCCCC/C=C\C/C=C\CCCCCCCCC(=O)OCC(CO)COC(=O)/C=C(\CCC)CCCCCCCCCC. The Morgan fingerprint density at radius 3 is 1.60 bits per heavy atom. The van der Waals surface area contributed by atoms with E-state index in [2.05, 4.69) is 45.1 Å². The second kappa shape index (κ2) is 35.0. The zero-order chi connectivity index (χ0) is 33.1. The summed E-state index contributed by atoms with van der Waals surface area (Å²) in [5.41, 5.74) is 1.14. The zero-order valence-corrected chi connectivity index (χ0v) is 29.8. The molecule has 0 aliphatic carbocycles. The van der Waals surface area contributed by atoms with Crippen LogP contribution < -0.4 is 0 Å². The molecule has 1 N–H and O–H groups in total. The number of carbonyl (C=O) groups excluding carboxylic acids is 2. The van der Waals surface area contributed by atoms with E-state index in [0.717, 1.165) is 63.4 Å². The van der Waals surface area contributed by atoms with Gasteiger partial charge >= 0.3 is 11.9 Å². The number of aliphatic hydroxyl groups excluding tert-OH is 1. The molecule has 0 bridgehead atoms. The predicted octanol–water partition coefficient (Wildman–Crippen LogP) is 11.5. The van der Waals surface area contributed by atoms with Gasteiger partial charge in [0.2, 0.25) is 0 Å². The highest BCUT2D eigenvalue weighted by atomic mass is 16.5. The molecule has 1 atom stereocenters. The number of carbonyl (C=O) groups is 2. The number of hydrogen-bond acceptors (Lipinski definition) is 5. The molecule has 0 aliphatic rings. The molecule has 0 saturated heterocycles. The van der Waals surface area contributed by atoms with Crippen LogP contribution >= 0.6 is 0 Å². The van der Waals surface area contributed by atoms with Crippen LogP contribution in [0.1, 0.15) is 181 Å². The van der Waals surface area contributed by atoms with Gasteiger partial charge in [0.05, 0.1) is 25.7 Å². The van der Waals surface area contributed by atoms with Crippen molar-refractivity contribution in [3.63, 3.8) is 0 Å². The molecular weight excluding hydrogens is 560 g/mol. The molecule has 0 saturated carbocycles. The van der Waals surface area contributed by atoms with E-state index in [1.165, 1.54) is 96.3 Å². The van der Waals surface area contributed by atoms with Gasteiger partial charge in [0.1, 0.15) is 0 Å². The van der Waals surface area contributed by atoms with E-state index in [9.17, 15) is 14.7 Å². The molecule has 5 nitrogen and oxygen atoms in total. The summed E-state index contributed by atoms with van der Waals surface area (Å²) in [5, 5.41) is 9.68. The predicted molar refractivity (Wildman–Crippen MR) is 191 cm³/mol. The van der Waals surface area contributed by atoms with E-state index < -0.39 is 5.92 Å². The van der Waals surface area contributed by atoms with Crippen LogP contribution in [-0.4, -0.2) is 36.9 Å². The fourth-order valence-corrected chi connectivity index (χ4v) is 5.36. The fourth-order valence-electron chi connectivity index (χ4n) is 5.36. The minimum Gasteiger partial charge on any atom is -0.465 e. The lowest BCUT2D eigenvalue weighted by Gasteiger charge is -2.14. The average Bonchev–Trinajstić information content (AvgIpc) is 3.03. The van der Waals surface area contributed by atoms with Gasteiger partial charge in [0.25, 0.3) is 0 Å². The molecule has 5 heteroatoms. The highest BCUT2D eigenvalue weighted by Crippen LogP contribution is 2.17. The van der Waals surface area contributed by atoms with Crippen LogP contribution in [0, 0.1) is 5.92 Å². The van der Waals surface area contributed by atoms with Crippen LogP contribution in [0.25, 0.3) is 0 Å². The van der Waals surface area contributed by atoms with E-state index in [-0.39, 0.29) is 31.8 Å². The van der Waals surface area contributed by atoms with Crippen LogP contribution in [0.2, 0.25) is 0 Å². The first kappa shape index (κ1) is 43.1. The van der Waals surface area contributed by atoms with E-state index >= 15 is 0 Å². The maximum absolute atomic E-state index is 12.4. The largest absolute Gasteiger partial charge is 0.465 e. The molecule has 0 fully saturated rings. The lowest BCUT2D eigenvalue weighted by molar-refractivity contribution is -0.147. The number of esters is 2. The van der Waals surface area contributed by atoms with Gasteiger partial charge in [-0.15, -0.1) is 0 Å². The molecule has 0 aromatic rings. The van der Waals surface area contributed by atoms with Crippen molar-refractivity contribution in [3.05, 3.63) is 36.0 Å². The van der Waals surface area contributed by atoms with Crippen LogP contribution in [0.4, 0.5) is 0 Å². The summed E-state index contributed by atoms with van der Waals surface area (Å²) >= 11 is 0. The number of unbranched alkanes of at least 4 members (excludes halogenated alkanes) is 17. The van der Waals surface area contributed by atoms with Crippen molar-refractivity contribution in [1.29, 1.82) is 0 Å². The summed E-state index contributed by atoms with van der Waals surface area (Å²) in [6.45, 7) is 6.57. The van der Waals surface area contributed by atoms with Crippen molar-refractivity contribution in [2.24, 2.45) is 5.92 Å². The number of hydrogen-bond donors (Lipinski definition) is 1. The topological polar surface area (TPSA) is 72.8 Å². The summed E-state index contributed by atoms with van der Waals surface area (Å²) in [5.74, 6) is -0.996. The average molecular weight is 633 g/mol. The molecule has 0 aromatic carbocycles. The first-order valence-electron chi connectivity index (χ1n) is 19.0. The number of allylic oxidation sites excluding steroid dienone is 5. The Hall–Kier alpha value is -1.88. The van der Waals surface area contributed by atoms with Gasteiger partial charge in [-0.1, -0.05) is 147 Å². The molecule has 0 aliphatic heterocycles. The van der Waals surface area contributed by atoms with E-state index in [0.29, 0.717) is 6.42 Å². The second-order valence-electron chi connectivity index (χ2n) is 12.8. The standard InChI is InChI=1S/C40H72O5/c1-4-7-9-11-13-15-16-17-18-19-20-21-22-23-25-27-29-32-39(42)44-35-38(34-41)36-45-40(43)33-37(30-6-3)31-28-26-24-14-12-10-8-5-2/h15-16,18-19,33,38,41H,4-14,17,20-32,34-36H2,1-3H3/b16-15-,19-18-,37-33+. The van der Waals surface area contributed by atoms with Crippen molar-refractivity contribution >= 4 is 11.9 Å². The number of aliphatic hydroxyl groups is 1. The third kappa shape index (κ3) is 31.9. The molecular formula is C40H72O5. The molecule has 262 valence electrons. The minimum atomic E-state index is -0.394. The normalized spacial score (nSPS) is 12.8. The van der Waals surface area contributed by atoms with Gasteiger partial charge in [0, 0.05) is 12.5 Å². The van der Waals surface area contributed by atoms with E-state index in [1.807, 2.05) is 0 Å². The monoisotopic (exact) mass is 633 g/mol. The summed E-state index contributed by atoms with van der Waals surface area (Å²) in [6, 6.07) is 0. The first-order valence-corrected chi connectivity index (χ1v) is 19.0. The molecule has 0 aromatic heterocycles. The zero-order valence-electron chi connectivity index (χ0n) is 29.8. The van der Waals surface area contributed by atoms with E-state index in [4.69, 9.17) is 9.47 Å². The molecule has 45 heavy (non-hydrogen) atoms. The summed E-state index contributed by atoms with van der Waals surface area (Å²) < 4.78 is 10.8. The third-order valence-corrected chi connectivity index (χ3v) is 8.28. The van der Waals surface area contributed by atoms with Gasteiger partial charge in [-0.3, -0.25) is 4.79 Å². The van der Waals surface area contributed by atoms with Crippen molar-refractivity contribution in [2.75, 3.05) is 19.8 Å².